The summed E-state index contributed by atoms with van der Waals surface area (Å²) in [6, 6.07) is 19.5. The van der Waals surface area contributed by atoms with Gasteiger partial charge in [-0.2, -0.15) is 5.10 Å². The van der Waals surface area contributed by atoms with E-state index in [9.17, 15) is 4.79 Å². The monoisotopic (exact) mass is 310 g/mol. The van der Waals surface area contributed by atoms with Gasteiger partial charge in [-0.3, -0.25) is 4.79 Å². The van der Waals surface area contributed by atoms with Crippen molar-refractivity contribution < 1.29 is 0 Å². The topological polar surface area (TPSA) is 45.8 Å². The molecule has 110 valence electrons. The van der Waals surface area contributed by atoms with Crippen LogP contribution in [0.3, 0.4) is 0 Å². The minimum atomic E-state index is -0.190. The molecular weight excluding hydrogens is 296 g/mol. The van der Waals surface area contributed by atoms with E-state index < -0.39 is 0 Å². The van der Waals surface area contributed by atoms with E-state index in [2.05, 4.69) is 28.4 Å². The van der Waals surface area contributed by atoms with Crippen molar-refractivity contribution in [3.05, 3.63) is 98.4 Å². The molecule has 1 aromatic heterocycles. The maximum absolute atomic E-state index is 11.0. The summed E-state index contributed by atoms with van der Waals surface area (Å²) in [4.78, 5) is 11.0. The van der Waals surface area contributed by atoms with Gasteiger partial charge in [0.15, 0.2) is 0 Å². The summed E-state index contributed by atoms with van der Waals surface area (Å²) in [6.45, 7) is 0. The second kappa shape index (κ2) is 6.58. The molecular formula is C18H15ClN2O. The number of benzene rings is 2. The second-order valence-corrected chi connectivity index (χ2v) is 5.58. The second-order valence-electron chi connectivity index (χ2n) is 5.18. The molecule has 2 aromatic carbocycles. The average Bonchev–Trinajstić information content (AvgIpc) is 2.54. The summed E-state index contributed by atoms with van der Waals surface area (Å²) < 4.78 is 0. The molecule has 1 heterocycles. The summed E-state index contributed by atoms with van der Waals surface area (Å²) >= 11 is 6.31. The summed E-state index contributed by atoms with van der Waals surface area (Å²) in [7, 11) is 0. The van der Waals surface area contributed by atoms with Crippen molar-refractivity contribution >= 4 is 11.6 Å². The van der Waals surface area contributed by atoms with Crippen molar-refractivity contribution in [1.29, 1.82) is 0 Å². The highest BCUT2D eigenvalue weighted by Gasteiger charge is 2.05. The fourth-order valence-electron chi connectivity index (χ4n) is 2.37. The van der Waals surface area contributed by atoms with Crippen LogP contribution in [0.5, 0.6) is 0 Å². The molecule has 3 aromatic rings. The Hall–Kier alpha value is -2.39. The van der Waals surface area contributed by atoms with Gasteiger partial charge in [0.2, 0.25) is 0 Å². The molecule has 1 N–H and O–H groups in total. The Balaban J connectivity index is 1.83. The number of H-pyrrole nitrogens is 1. The average molecular weight is 311 g/mol. The third-order valence-corrected chi connectivity index (χ3v) is 3.84. The van der Waals surface area contributed by atoms with E-state index in [1.807, 2.05) is 30.3 Å². The molecule has 0 radical (unpaired) electrons. The number of hydrogen-bond donors (Lipinski definition) is 1. The first-order valence-corrected chi connectivity index (χ1v) is 7.44. The van der Waals surface area contributed by atoms with Gasteiger partial charge in [-0.05, 0) is 35.2 Å². The Morgan fingerprint density at radius 1 is 0.909 bits per heavy atom. The van der Waals surface area contributed by atoms with Crippen molar-refractivity contribution in [2.75, 3.05) is 0 Å². The van der Waals surface area contributed by atoms with E-state index in [1.54, 1.807) is 6.07 Å². The van der Waals surface area contributed by atoms with Crippen LogP contribution in [0.15, 0.2) is 65.5 Å². The number of nitrogens with zero attached hydrogens (tertiary/aromatic N) is 1. The molecule has 0 aliphatic carbocycles. The van der Waals surface area contributed by atoms with Gasteiger partial charge in [0, 0.05) is 17.5 Å². The van der Waals surface area contributed by atoms with E-state index in [0.717, 1.165) is 28.3 Å². The van der Waals surface area contributed by atoms with Gasteiger partial charge in [0.1, 0.15) is 0 Å². The van der Waals surface area contributed by atoms with Crippen molar-refractivity contribution in [1.82, 2.24) is 10.2 Å². The fourth-order valence-corrected chi connectivity index (χ4v) is 2.55. The third kappa shape index (κ3) is 3.62. The number of aromatic amines is 1. The van der Waals surface area contributed by atoms with Gasteiger partial charge in [-0.1, -0.05) is 54.1 Å². The lowest BCUT2D eigenvalue weighted by Gasteiger charge is -2.08. The molecule has 0 unspecified atom stereocenters. The molecule has 0 fully saturated rings. The lowest BCUT2D eigenvalue weighted by molar-refractivity contribution is 0.909. The smallest absolute Gasteiger partial charge is 0.264 e. The summed E-state index contributed by atoms with van der Waals surface area (Å²) in [5, 5.41) is 7.26. The largest absolute Gasteiger partial charge is 0.268 e. The molecule has 0 saturated heterocycles. The zero-order valence-electron chi connectivity index (χ0n) is 11.9. The van der Waals surface area contributed by atoms with E-state index in [1.165, 1.54) is 11.6 Å². The summed E-state index contributed by atoms with van der Waals surface area (Å²) in [6.07, 6.45) is 1.46. The molecule has 0 atom stereocenters. The highest BCUT2D eigenvalue weighted by atomic mass is 35.5. The predicted molar refractivity (Wildman–Crippen MR) is 88.4 cm³/mol. The van der Waals surface area contributed by atoms with Crippen LogP contribution >= 0.6 is 11.6 Å². The standard InChI is InChI=1S/C18H15ClN2O/c19-17-8-6-14(12-16-7-9-18(22)21-20-16)11-15(17)10-13-4-2-1-3-5-13/h1-9,11H,10,12H2,(H,21,22). The van der Waals surface area contributed by atoms with Crippen molar-refractivity contribution in [3.63, 3.8) is 0 Å². The van der Waals surface area contributed by atoms with Crippen LogP contribution in [0.4, 0.5) is 0 Å². The van der Waals surface area contributed by atoms with Crippen LogP contribution in [-0.4, -0.2) is 10.2 Å². The first-order chi connectivity index (χ1) is 10.7. The molecule has 4 heteroatoms. The lowest BCUT2D eigenvalue weighted by atomic mass is 10.0. The quantitative estimate of drug-likeness (QED) is 0.800. The number of nitrogens with one attached hydrogen (secondary N) is 1. The molecule has 0 aliphatic rings. The molecule has 0 aliphatic heterocycles. The van der Waals surface area contributed by atoms with Gasteiger partial charge < -0.3 is 0 Å². The zero-order chi connectivity index (χ0) is 15.4. The highest BCUT2D eigenvalue weighted by Crippen LogP contribution is 2.22. The maximum atomic E-state index is 11.0. The molecule has 0 saturated carbocycles. The Bertz CT molecular complexity index is 807. The molecule has 22 heavy (non-hydrogen) atoms. The van der Waals surface area contributed by atoms with Gasteiger partial charge in [-0.25, -0.2) is 5.10 Å². The number of hydrogen-bond acceptors (Lipinski definition) is 2. The van der Waals surface area contributed by atoms with Crippen LogP contribution in [0.2, 0.25) is 5.02 Å². The first-order valence-electron chi connectivity index (χ1n) is 7.06. The van der Waals surface area contributed by atoms with Gasteiger partial charge in [-0.15, -0.1) is 0 Å². The molecule has 0 bridgehead atoms. The molecule has 0 amide bonds. The Labute approximate surface area is 133 Å². The summed E-state index contributed by atoms with van der Waals surface area (Å²) in [5.74, 6) is 0. The first kappa shape index (κ1) is 14.5. The van der Waals surface area contributed by atoms with Gasteiger partial charge >= 0.3 is 0 Å². The molecule has 3 rings (SSSR count). The van der Waals surface area contributed by atoms with Crippen molar-refractivity contribution in [2.24, 2.45) is 0 Å². The minimum Gasteiger partial charge on any atom is -0.268 e. The van der Waals surface area contributed by atoms with Crippen LogP contribution in [0, 0.1) is 0 Å². The predicted octanol–water partition coefficient (Wildman–Crippen LogP) is 3.60. The third-order valence-electron chi connectivity index (χ3n) is 3.47. The van der Waals surface area contributed by atoms with Crippen LogP contribution in [0.25, 0.3) is 0 Å². The lowest BCUT2D eigenvalue weighted by Crippen LogP contribution is -2.07. The minimum absolute atomic E-state index is 0.190. The van der Waals surface area contributed by atoms with Gasteiger partial charge in [0.05, 0.1) is 5.69 Å². The van der Waals surface area contributed by atoms with Crippen LogP contribution in [0.1, 0.15) is 22.4 Å². The SMILES string of the molecule is O=c1ccc(Cc2ccc(Cl)c(Cc3ccccc3)c2)n[nH]1. The normalized spacial score (nSPS) is 10.6. The Morgan fingerprint density at radius 3 is 2.45 bits per heavy atom. The fraction of sp³-hybridized carbons (Fsp3) is 0.111. The van der Waals surface area contributed by atoms with Crippen molar-refractivity contribution in [2.45, 2.75) is 12.8 Å². The number of aromatic nitrogens is 2. The Morgan fingerprint density at radius 2 is 1.73 bits per heavy atom. The van der Waals surface area contributed by atoms with Gasteiger partial charge in [0.25, 0.3) is 5.56 Å². The molecule has 3 nitrogen and oxygen atoms in total. The molecule has 0 spiro atoms. The van der Waals surface area contributed by atoms with Crippen LogP contribution < -0.4 is 5.56 Å². The van der Waals surface area contributed by atoms with E-state index in [-0.39, 0.29) is 5.56 Å². The number of rotatable bonds is 4. The van der Waals surface area contributed by atoms with Crippen LogP contribution in [-0.2, 0) is 12.8 Å². The highest BCUT2D eigenvalue weighted by molar-refractivity contribution is 6.31. The van der Waals surface area contributed by atoms with Crippen molar-refractivity contribution in [3.8, 4) is 0 Å². The number of halogens is 1. The Kier molecular flexibility index (Phi) is 4.35. The van der Waals surface area contributed by atoms with E-state index in [4.69, 9.17) is 11.6 Å². The zero-order valence-corrected chi connectivity index (χ0v) is 12.7. The van der Waals surface area contributed by atoms with E-state index >= 15 is 0 Å². The maximum Gasteiger partial charge on any atom is 0.264 e. The summed E-state index contributed by atoms with van der Waals surface area (Å²) in [5.41, 5.74) is 4.07. The van der Waals surface area contributed by atoms with E-state index in [0.29, 0.717) is 6.42 Å².